The highest BCUT2D eigenvalue weighted by Crippen LogP contribution is 2.38. The quantitative estimate of drug-likeness (QED) is 0.809. The van der Waals surface area contributed by atoms with Crippen LogP contribution in [-0.2, 0) is 14.4 Å². The van der Waals surface area contributed by atoms with Gasteiger partial charge in [0.1, 0.15) is 11.9 Å². The van der Waals surface area contributed by atoms with Gasteiger partial charge in [-0.3, -0.25) is 4.79 Å². The molecule has 1 fully saturated rings. The summed E-state index contributed by atoms with van der Waals surface area (Å²) in [5, 5.41) is 16.4. The van der Waals surface area contributed by atoms with Crippen LogP contribution in [0.15, 0.2) is 29.4 Å². The van der Waals surface area contributed by atoms with Crippen molar-refractivity contribution in [1.82, 2.24) is 5.32 Å². The maximum absolute atomic E-state index is 13.4. The molecule has 26 heavy (non-hydrogen) atoms. The summed E-state index contributed by atoms with van der Waals surface area (Å²) in [6.07, 6.45) is 1.44. The first-order valence-electron chi connectivity index (χ1n) is 9.01. The second-order valence-corrected chi connectivity index (χ2v) is 7.14. The molecule has 2 N–H and O–H groups in total. The Morgan fingerprint density at radius 1 is 1.46 bits per heavy atom. The van der Waals surface area contributed by atoms with Gasteiger partial charge in [-0.1, -0.05) is 17.3 Å². The van der Waals surface area contributed by atoms with E-state index >= 15 is 0 Å². The number of ether oxygens (including phenoxy) is 1. The molecule has 2 atom stereocenters. The van der Waals surface area contributed by atoms with Crippen molar-refractivity contribution in [2.45, 2.75) is 44.8 Å². The van der Waals surface area contributed by atoms with E-state index in [1.165, 1.54) is 12.1 Å². The molecular weight excluding hydrogens is 339 g/mol. The summed E-state index contributed by atoms with van der Waals surface area (Å²) in [4.78, 5) is 18.3. The molecule has 3 rings (SSSR count). The van der Waals surface area contributed by atoms with Gasteiger partial charge in [0.25, 0.3) is 0 Å². The summed E-state index contributed by atoms with van der Waals surface area (Å²) in [5.74, 6) is -0.392. The molecule has 0 spiro atoms. The number of aliphatic hydroxyl groups excluding tert-OH is 1. The van der Waals surface area contributed by atoms with E-state index in [0.717, 1.165) is 0 Å². The predicted octanol–water partition coefficient (Wildman–Crippen LogP) is 2.00. The molecule has 1 amide bonds. The Balaban J connectivity index is 1.66. The number of nitrogens with zero attached hydrogens (tertiary/aromatic N) is 1. The highest BCUT2D eigenvalue weighted by Gasteiger charge is 2.43. The van der Waals surface area contributed by atoms with Crippen LogP contribution in [-0.4, -0.2) is 48.7 Å². The van der Waals surface area contributed by atoms with Gasteiger partial charge in [0.05, 0.1) is 17.2 Å². The van der Waals surface area contributed by atoms with Crippen LogP contribution in [0.4, 0.5) is 4.39 Å². The van der Waals surface area contributed by atoms with Crippen LogP contribution in [0.25, 0.3) is 0 Å². The molecule has 1 aromatic rings. The van der Waals surface area contributed by atoms with Crippen LogP contribution >= 0.6 is 0 Å². The molecule has 142 valence electrons. The molecule has 0 radical (unpaired) electrons. The van der Waals surface area contributed by atoms with Crippen LogP contribution in [0.5, 0.6) is 0 Å². The Bertz CT molecular complexity index is 671. The number of aliphatic hydroxyl groups is 1. The van der Waals surface area contributed by atoms with Gasteiger partial charge in [-0.2, -0.15) is 0 Å². The minimum absolute atomic E-state index is 0.0792. The summed E-state index contributed by atoms with van der Waals surface area (Å²) < 4.78 is 18.9. The van der Waals surface area contributed by atoms with Gasteiger partial charge in [0.2, 0.25) is 5.91 Å². The Kier molecular flexibility index (Phi) is 5.88. The zero-order chi connectivity index (χ0) is 18.6. The number of hydrogen-bond donors (Lipinski definition) is 2. The maximum Gasteiger partial charge on any atom is 0.226 e. The number of rotatable bonds is 6. The third kappa shape index (κ3) is 4.40. The van der Waals surface area contributed by atoms with E-state index in [-0.39, 0.29) is 24.4 Å². The predicted molar refractivity (Wildman–Crippen MR) is 94.2 cm³/mol. The number of halogens is 1. The lowest BCUT2D eigenvalue weighted by Crippen LogP contribution is -2.48. The number of carbonyl (C=O) groups is 1. The highest BCUT2D eigenvalue weighted by molar-refractivity contribution is 6.01. The van der Waals surface area contributed by atoms with E-state index < -0.39 is 11.5 Å². The molecule has 0 bridgehead atoms. The summed E-state index contributed by atoms with van der Waals surface area (Å²) in [7, 11) is 0. The van der Waals surface area contributed by atoms with E-state index in [9.17, 15) is 14.3 Å². The highest BCUT2D eigenvalue weighted by atomic mass is 19.1. The number of benzene rings is 1. The smallest absolute Gasteiger partial charge is 0.226 e. The van der Waals surface area contributed by atoms with Gasteiger partial charge in [-0.25, -0.2) is 4.39 Å². The molecule has 1 saturated heterocycles. The summed E-state index contributed by atoms with van der Waals surface area (Å²) >= 11 is 0. The van der Waals surface area contributed by atoms with Crippen LogP contribution in [0.1, 0.15) is 38.2 Å². The second-order valence-electron chi connectivity index (χ2n) is 7.14. The summed E-state index contributed by atoms with van der Waals surface area (Å²) in [6, 6.07) is 6.27. The first-order chi connectivity index (χ1) is 12.5. The molecule has 0 aromatic heterocycles. The number of hydrogen-bond acceptors (Lipinski definition) is 5. The van der Waals surface area contributed by atoms with E-state index in [4.69, 9.17) is 9.57 Å². The van der Waals surface area contributed by atoms with Crippen molar-refractivity contribution in [3.05, 3.63) is 35.6 Å². The van der Waals surface area contributed by atoms with Gasteiger partial charge < -0.3 is 20.0 Å². The van der Waals surface area contributed by atoms with Crippen molar-refractivity contribution in [2.24, 2.45) is 10.6 Å². The van der Waals surface area contributed by atoms with Gasteiger partial charge >= 0.3 is 0 Å². The Morgan fingerprint density at radius 2 is 2.23 bits per heavy atom. The molecule has 6 nitrogen and oxygen atoms in total. The van der Waals surface area contributed by atoms with E-state index in [0.29, 0.717) is 50.2 Å². The zero-order valence-corrected chi connectivity index (χ0v) is 14.9. The molecular formula is C19H25FN2O4. The lowest BCUT2D eigenvalue weighted by molar-refractivity contribution is -0.140. The molecule has 0 saturated carbocycles. The number of carbonyl (C=O) groups excluding carboxylic acids is 1. The molecule has 2 aliphatic heterocycles. The third-order valence-corrected chi connectivity index (χ3v) is 5.00. The van der Waals surface area contributed by atoms with E-state index in [1.54, 1.807) is 19.1 Å². The lowest BCUT2D eigenvalue weighted by atomic mass is 9.74. The van der Waals surface area contributed by atoms with Crippen LogP contribution < -0.4 is 5.32 Å². The monoisotopic (exact) mass is 364 g/mol. The molecule has 2 aliphatic rings. The minimum Gasteiger partial charge on any atom is -0.392 e. The topological polar surface area (TPSA) is 80.2 Å². The number of nitrogens with one attached hydrogen (secondary N) is 1. The second kappa shape index (κ2) is 8.14. The Hall–Kier alpha value is -1.99. The van der Waals surface area contributed by atoms with Crippen LogP contribution in [0.3, 0.4) is 0 Å². The van der Waals surface area contributed by atoms with Crippen molar-refractivity contribution in [3.8, 4) is 0 Å². The zero-order valence-electron chi connectivity index (χ0n) is 14.9. The van der Waals surface area contributed by atoms with Crippen molar-refractivity contribution in [3.63, 3.8) is 0 Å². The molecule has 1 aromatic carbocycles. The Labute approximate surface area is 152 Å². The largest absolute Gasteiger partial charge is 0.392 e. The summed E-state index contributed by atoms with van der Waals surface area (Å²) in [6.45, 7) is 2.90. The Morgan fingerprint density at radius 3 is 2.92 bits per heavy atom. The van der Waals surface area contributed by atoms with Crippen molar-refractivity contribution in [1.29, 1.82) is 0 Å². The first kappa shape index (κ1) is 18.8. The number of oxime groups is 1. The van der Waals surface area contributed by atoms with E-state index in [2.05, 4.69) is 10.5 Å². The molecule has 2 heterocycles. The maximum atomic E-state index is 13.4. The number of amides is 1. The minimum atomic E-state index is -0.596. The van der Waals surface area contributed by atoms with Crippen LogP contribution in [0.2, 0.25) is 0 Å². The third-order valence-electron chi connectivity index (χ3n) is 5.00. The lowest BCUT2D eigenvalue weighted by Gasteiger charge is -2.37. The van der Waals surface area contributed by atoms with Gasteiger partial charge in [0, 0.05) is 38.2 Å². The van der Waals surface area contributed by atoms with Crippen molar-refractivity contribution < 1.29 is 23.9 Å². The van der Waals surface area contributed by atoms with Gasteiger partial charge in [-0.05, 0) is 31.9 Å². The molecule has 7 heteroatoms. The van der Waals surface area contributed by atoms with Crippen molar-refractivity contribution in [2.75, 3.05) is 19.8 Å². The van der Waals surface area contributed by atoms with E-state index in [1.807, 2.05) is 0 Å². The fourth-order valence-electron chi connectivity index (χ4n) is 3.53. The van der Waals surface area contributed by atoms with Gasteiger partial charge in [0.15, 0.2) is 0 Å². The van der Waals surface area contributed by atoms with Crippen LogP contribution in [0, 0.1) is 11.2 Å². The molecule has 0 unspecified atom stereocenters. The standard InChI is InChI=1S/C19H25FN2O4/c1-13(23)12-21-18(24)19(5-7-25-8-6-19)11-16-10-17(22-26-16)14-3-2-4-15(20)9-14/h2-4,9,13,16,23H,5-8,10-12H2,1H3,(H,21,24)/t13-,16-/m0/s1. The average molecular weight is 364 g/mol. The fraction of sp³-hybridized carbons (Fsp3) is 0.579. The van der Waals surface area contributed by atoms with Crippen molar-refractivity contribution >= 4 is 11.6 Å². The first-order valence-corrected chi connectivity index (χ1v) is 9.01. The normalized spacial score (nSPS) is 23.0. The molecule has 0 aliphatic carbocycles. The average Bonchev–Trinajstić information content (AvgIpc) is 3.08. The summed E-state index contributed by atoms with van der Waals surface area (Å²) in [5.41, 5.74) is 0.804. The SMILES string of the molecule is C[C@H](O)CNC(=O)C1(C[C@@H]2CC(c3cccc(F)c3)=NO2)CCOCC1. The fourth-order valence-corrected chi connectivity index (χ4v) is 3.53. The van der Waals surface area contributed by atoms with Gasteiger partial charge in [-0.15, -0.1) is 0 Å².